The van der Waals surface area contributed by atoms with Crippen LogP contribution < -0.4 is 15.2 Å². The van der Waals surface area contributed by atoms with Crippen molar-refractivity contribution >= 4 is 33.5 Å². The van der Waals surface area contributed by atoms with Crippen LogP contribution in [0.15, 0.2) is 71.6 Å². The molecule has 0 saturated heterocycles. The number of benzene rings is 3. The number of anilines is 1. The standard InChI is InChI=1S/C20H16FN3O5S.C2HF3O2/c21-13-3-8-16(9-4-13)30(27,28)24-14-5-10-18(17(11-14)20(25)26)29-15-6-1-12(2-7-15)19(22)23;3-2(4,5)1(6)7/h1-11,24H,(H3,22,23)(H,25,26);(H,6,7). The molecule has 0 atom stereocenters. The van der Waals surface area contributed by atoms with E-state index in [9.17, 15) is 35.9 Å². The molecule has 37 heavy (non-hydrogen) atoms. The van der Waals surface area contributed by atoms with Crippen LogP contribution in [0.2, 0.25) is 0 Å². The molecule has 6 N–H and O–H groups in total. The molecule has 0 unspecified atom stereocenters. The van der Waals surface area contributed by atoms with E-state index in [-0.39, 0.29) is 27.7 Å². The van der Waals surface area contributed by atoms with E-state index in [1.165, 1.54) is 24.3 Å². The number of ether oxygens (including phenoxy) is 1. The number of carbonyl (C=O) groups is 2. The molecule has 0 bridgehead atoms. The fraction of sp³-hybridized carbons (Fsp3) is 0.0455. The van der Waals surface area contributed by atoms with Gasteiger partial charge in [-0.1, -0.05) is 0 Å². The Balaban J connectivity index is 0.000000604. The first-order valence-corrected chi connectivity index (χ1v) is 11.2. The van der Waals surface area contributed by atoms with Gasteiger partial charge in [-0.3, -0.25) is 10.1 Å². The summed E-state index contributed by atoms with van der Waals surface area (Å²) in [5, 5.41) is 24.0. The molecule has 0 aromatic heterocycles. The Morgan fingerprint density at radius 3 is 1.95 bits per heavy atom. The predicted molar refractivity (Wildman–Crippen MR) is 122 cm³/mol. The lowest BCUT2D eigenvalue weighted by atomic mass is 10.1. The van der Waals surface area contributed by atoms with Crippen molar-refractivity contribution in [1.29, 1.82) is 5.41 Å². The number of hydrogen-bond acceptors (Lipinski definition) is 6. The zero-order valence-electron chi connectivity index (χ0n) is 18.3. The highest BCUT2D eigenvalue weighted by molar-refractivity contribution is 7.92. The first kappa shape index (κ1) is 28.6. The molecule has 0 radical (unpaired) electrons. The second-order valence-corrected chi connectivity index (χ2v) is 8.60. The minimum atomic E-state index is -5.08. The minimum absolute atomic E-state index is 0.00370. The summed E-state index contributed by atoms with van der Waals surface area (Å²) >= 11 is 0. The summed E-state index contributed by atoms with van der Waals surface area (Å²) < 4.78 is 77.4. The van der Waals surface area contributed by atoms with Crippen molar-refractivity contribution in [3.8, 4) is 11.5 Å². The molecular formula is C22H17F4N3O7S. The summed E-state index contributed by atoms with van der Waals surface area (Å²) in [4.78, 5) is 20.4. The van der Waals surface area contributed by atoms with Gasteiger partial charge in [0.1, 0.15) is 28.7 Å². The van der Waals surface area contributed by atoms with Crippen molar-refractivity contribution < 1.29 is 50.5 Å². The fourth-order valence-corrected chi connectivity index (χ4v) is 3.56. The number of aliphatic carboxylic acids is 1. The van der Waals surface area contributed by atoms with E-state index in [0.29, 0.717) is 11.3 Å². The average molecular weight is 543 g/mol. The van der Waals surface area contributed by atoms with Crippen LogP contribution in [0.1, 0.15) is 15.9 Å². The number of halogens is 4. The number of nitrogens with one attached hydrogen (secondary N) is 2. The number of carboxylic acid groups (broad SMARTS) is 2. The van der Waals surface area contributed by atoms with Crippen molar-refractivity contribution in [3.05, 3.63) is 83.7 Å². The van der Waals surface area contributed by atoms with Gasteiger partial charge in [0.15, 0.2) is 0 Å². The summed E-state index contributed by atoms with van der Waals surface area (Å²) in [5.74, 6) is -4.49. The topological polar surface area (TPSA) is 180 Å². The van der Waals surface area contributed by atoms with Crippen LogP contribution >= 0.6 is 0 Å². The summed E-state index contributed by atoms with van der Waals surface area (Å²) in [5.41, 5.74) is 5.59. The summed E-state index contributed by atoms with van der Waals surface area (Å²) in [6, 6.07) is 14.1. The van der Waals surface area contributed by atoms with Crippen LogP contribution in [-0.4, -0.2) is 42.6 Å². The van der Waals surface area contributed by atoms with E-state index in [1.807, 2.05) is 0 Å². The molecule has 15 heteroatoms. The molecule has 0 fully saturated rings. The maximum Gasteiger partial charge on any atom is 0.490 e. The van der Waals surface area contributed by atoms with Crippen LogP contribution in [0.4, 0.5) is 23.2 Å². The third kappa shape index (κ3) is 8.21. The molecule has 0 amide bonds. The Morgan fingerprint density at radius 1 is 0.946 bits per heavy atom. The Kier molecular flexibility index (Phi) is 8.79. The van der Waals surface area contributed by atoms with Crippen LogP contribution in [-0.2, 0) is 14.8 Å². The van der Waals surface area contributed by atoms with Crippen molar-refractivity contribution in [3.63, 3.8) is 0 Å². The van der Waals surface area contributed by atoms with E-state index < -0.39 is 34.0 Å². The van der Waals surface area contributed by atoms with Gasteiger partial charge in [0, 0.05) is 11.3 Å². The van der Waals surface area contributed by atoms with Gasteiger partial charge in [-0.2, -0.15) is 13.2 Å². The predicted octanol–water partition coefficient (Wildman–Crippen LogP) is 4.03. The molecule has 0 aliphatic rings. The van der Waals surface area contributed by atoms with E-state index in [2.05, 4.69) is 4.72 Å². The number of aromatic carboxylic acids is 1. The maximum atomic E-state index is 13.0. The van der Waals surface area contributed by atoms with E-state index in [1.54, 1.807) is 12.1 Å². The lowest BCUT2D eigenvalue weighted by Gasteiger charge is -2.12. The fourth-order valence-electron chi connectivity index (χ4n) is 2.51. The largest absolute Gasteiger partial charge is 0.490 e. The van der Waals surface area contributed by atoms with E-state index in [0.717, 1.165) is 30.3 Å². The minimum Gasteiger partial charge on any atom is -0.478 e. The van der Waals surface area contributed by atoms with E-state index in [4.69, 9.17) is 25.8 Å². The Bertz CT molecular complexity index is 1410. The van der Waals surface area contributed by atoms with Crippen molar-refractivity contribution in [2.24, 2.45) is 5.73 Å². The van der Waals surface area contributed by atoms with Gasteiger partial charge in [-0.05, 0) is 66.7 Å². The molecular weight excluding hydrogens is 526 g/mol. The number of hydrogen-bond donors (Lipinski definition) is 5. The van der Waals surface area contributed by atoms with Gasteiger partial charge >= 0.3 is 18.1 Å². The molecule has 3 rings (SSSR count). The number of rotatable bonds is 7. The Labute approximate surface area is 206 Å². The number of carboxylic acids is 2. The van der Waals surface area contributed by atoms with Gasteiger partial charge in [0.2, 0.25) is 0 Å². The highest BCUT2D eigenvalue weighted by Crippen LogP contribution is 2.29. The first-order valence-electron chi connectivity index (χ1n) is 9.68. The molecule has 196 valence electrons. The van der Waals surface area contributed by atoms with Crippen LogP contribution in [0, 0.1) is 11.2 Å². The highest BCUT2D eigenvalue weighted by atomic mass is 32.2. The van der Waals surface area contributed by atoms with Gasteiger partial charge in [-0.15, -0.1) is 0 Å². The molecule has 3 aromatic carbocycles. The number of amidine groups is 1. The maximum absolute atomic E-state index is 13.0. The highest BCUT2D eigenvalue weighted by Gasteiger charge is 2.38. The monoisotopic (exact) mass is 543 g/mol. The Morgan fingerprint density at radius 2 is 1.49 bits per heavy atom. The molecule has 0 aliphatic heterocycles. The zero-order chi connectivity index (χ0) is 28.0. The molecule has 10 nitrogen and oxygen atoms in total. The zero-order valence-corrected chi connectivity index (χ0v) is 19.1. The second-order valence-electron chi connectivity index (χ2n) is 6.92. The molecule has 3 aromatic rings. The number of nitrogen functional groups attached to an aromatic ring is 1. The van der Waals surface area contributed by atoms with Crippen molar-refractivity contribution in [1.82, 2.24) is 0 Å². The third-order valence-electron chi connectivity index (χ3n) is 4.22. The number of sulfonamides is 1. The summed E-state index contributed by atoms with van der Waals surface area (Å²) in [6.45, 7) is 0. The van der Waals surface area contributed by atoms with E-state index >= 15 is 0 Å². The lowest BCUT2D eigenvalue weighted by molar-refractivity contribution is -0.192. The summed E-state index contributed by atoms with van der Waals surface area (Å²) in [6.07, 6.45) is -5.08. The third-order valence-corrected chi connectivity index (χ3v) is 5.62. The number of alkyl halides is 3. The van der Waals surface area contributed by atoms with Gasteiger partial charge in [0.05, 0.1) is 4.90 Å². The lowest BCUT2D eigenvalue weighted by Crippen LogP contribution is -2.21. The summed E-state index contributed by atoms with van der Waals surface area (Å²) in [7, 11) is -4.04. The smallest absolute Gasteiger partial charge is 0.478 e. The van der Waals surface area contributed by atoms with Crippen LogP contribution in [0.3, 0.4) is 0 Å². The van der Waals surface area contributed by atoms with Gasteiger partial charge in [0.25, 0.3) is 10.0 Å². The van der Waals surface area contributed by atoms with Crippen LogP contribution in [0.25, 0.3) is 0 Å². The van der Waals surface area contributed by atoms with Crippen molar-refractivity contribution in [2.75, 3.05) is 4.72 Å². The molecule has 0 saturated carbocycles. The second kappa shape index (κ2) is 11.4. The molecule has 0 spiro atoms. The van der Waals surface area contributed by atoms with Crippen LogP contribution in [0.5, 0.6) is 11.5 Å². The molecule has 0 heterocycles. The first-order chi connectivity index (χ1) is 17.1. The van der Waals surface area contributed by atoms with Gasteiger partial charge in [-0.25, -0.2) is 22.4 Å². The normalized spacial score (nSPS) is 11.0. The molecule has 0 aliphatic carbocycles. The average Bonchev–Trinajstić information content (AvgIpc) is 2.80. The van der Waals surface area contributed by atoms with Gasteiger partial charge < -0.3 is 20.7 Å². The number of nitrogens with two attached hydrogens (primary N) is 1. The SMILES string of the molecule is N=C(N)c1ccc(Oc2ccc(NS(=O)(=O)c3ccc(F)cc3)cc2C(=O)O)cc1.O=C(O)C(F)(F)F. The van der Waals surface area contributed by atoms with Crippen molar-refractivity contribution in [2.45, 2.75) is 11.1 Å². The Hall–Kier alpha value is -4.66. The quantitative estimate of drug-likeness (QED) is 0.168.